The lowest BCUT2D eigenvalue weighted by Gasteiger charge is -2.16. The standard InChI is InChI=1S/C25H29N3O3S/c1-5-22(25(30)28-21-13-16(3)11-12-17(21)4)32-23-14-18(15-24(29)31-6-2)26-19-9-7-8-10-20(19)27-23/h7-14,22,26H,5-6,15H2,1-4H3,(H,28,30)/t22-/m1/s1. The summed E-state index contributed by atoms with van der Waals surface area (Å²) in [4.78, 5) is 29.9. The average Bonchev–Trinajstić information content (AvgIpc) is 2.92. The maximum Gasteiger partial charge on any atom is 0.311 e. The van der Waals surface area contributed by atoms with Gasteiger partial charge in [0, 0.05) is 11.4 Å². The lowest BCUT2D eigenvalue weighted by atomic mass is 10.1. The molecule has 2 N–H and O–H groups in total. The van der Waals surface area contributed by atoms with Gasteiger partial charge in [-0.05, 0) is 62.6 Å². The zero-order valence-corrected chi connectivity index (χ0v) is 19.7. The molecule has 2 aromatic rings. The quantitative estimate of drug-likeness (QED) is 0.524. The number of benzene rings is 2. The summed E-state index contributed by atoms with van der Waals surface area (Å²) < 4.78 is 5.11. The second-order valence-corrected chi connectivity index (χ2v) is 8.79. The fourth-order valence-corrected chi connectivity index (χ4v) is 4.25. The molecule has 0 bridgehead atoms. The fraction of sp³-hybridized carbons (Fsp3) is 0.320. The van der Waals surface area contributed by atoms with E-state index in [2.05, 4.69) is 10.6 Å². The third-order valence-electron chi connectivity index (χ3n) is 4.94. The van der Waals surface area contributed by atoms with Gasteiger partial charge in [-0.2, -0.15) is 0 Å². The van der Waals surface area contributed by atoms with Crippen LogP contribution in [0.4, 0.5) is 17.1 Å². The van der Waals surface area contributed by atoms with Crippen LogP contribution in [0.15, 0.2) is 59.2 Å². The number of hydrogen-bond acceptors (Lipinski definition) is 6. The van der Waals surface area contributed by atoms with Gasteiger partial charge in [-0.15, -0.1) is 0 Å². The Morgan fingerprint density at radius 1 is 1.16 bits per heavy atom. The molecule has 1 aliphatic rings. The van der Waals surface area contributed by atoms with Crippen LogP contribution in [0.3, 0.4) is 0 Å². The average molecular weight is 452 g/mol. The van der Waals surface area contributed by atoms with E-state index in [1.807, 2.05) is 69.3 Å². The Kier molecular flexibility index (Phi) is 8.11. The van der Waals surface area contributed by atoms with Crippen molar-refractivity contribution in [1.82, 2.24) is 0 Å². The number of rotatable bonds is 7. The smallest absolute Gasteiger partial charge is 0.311 e. The summed E-state index contributed by atoms with van der Waals surface area (Å²) in [5, 5.41) is 6.68. The van der Waals surface area contributed by atoms with Gasteiger partial charge in [0.1, 0.15) is 0 Å². The lowest BCUT2D eigenvalue weighted by molar-refractivity contribution is -0.142. The topological polar surface area (TPSA) is 79.8 Å². The number of nitrogens with zero attached hydrogens (tertiary/aromatic N) is 1. The first-order chi connectivity index (χ1) is 15.4. The van der Waals surface area contributed by atoms with E-state index in [0.717, 1.165) is 28.2 Å². The summed E-state index contributed by atoms with van der Waals surface area (Å²) >= 11 is 1.39. The van der Waals surface area contributed by atoms with Crippen LogP contribution in [0.1, 0.15) is 37.8 Å². The molecule has 0 saturated carbocycles. The maximum atomic E-state index is 13.1. The predicted molar refractivity (Wildman–Crippen MR) is 133 cm³/mol. The van der Waals surface area contributed by atoms with Gasteiger partial charge in [-0.25, -0.2) is 4.99 Å². The molecule has 0 radical (unpaired) electrons. The van der Waals surface area contributed by atoms with Gasteiger partial charge in [0.15, 0.2) is 0 Å². The van der Waals surface area contributed by atoms with E-state index in [-0.39, 0.29) is 23.5 Å². The first-order valence-corrected chi connectivity index (χ1v) is 11.6. The number of fused-ring (bicyclic) bond motifs is 1. The molecule has 32 heavy (non-hydrogen) atoms. The molecule has 2 aromatic carbocycles. The molecule has 7 heteroatoms. The van der Waals surface area contributed by atoms with Crippen molar-refractivity contribution in [3.63, 3.8) is 0 Å². The van der Waals surface area contributed by atoms with E-state index in [1.54, 1.807) is 6.92 Å². The summed E-state index contributed by atoms with van der Waals surface area (Å²) in [6.07, 6.45) is 2.57. The largest absolute Gasteiger partial charge is 0.466 e. The first kappa shape index (κ1) is 23.6. The Bertz CT molecular complexity index is 1060. The summed E-state index contributed by atoms with van der Waals surface area (Å²) in [6.45, 7) is 8.07. The van der Waals surface area contributed by atoms with Crippen LogP contribution in [0, 0.1) is 13.8 Å². The number of ether oxygens (including phenoxy) is 1. The highest BCUT2D eigenvalue weighted by atomic mass is 32.2. The highest BCUT2D eigenvalue weighted by Gasteiger charge is 2.22. The number of hydrogen-bond donors (Lipinski definition) is 2. The van der Waals surface area contributed by atoms with Gasteiger partial charge >= 0.3 is 5.97 Å². The summed E-state index contributed by atoms with van der Waals surface area (Å²) in [7, 11) is 0. The number of esters is 1. The molecular formula is C25H29N3O3S. The minimum absolute atomic E-state index is 0.0697. The Morgan fingerprint density at radius 3 is 2.69 bits per heavy atom. The van der Waals surface area contributed by atoms with Crippen molar-refractivity contribution in [2.24, 2.45) is 4.99 Å². The number of thioether (sulfide) groups is 1. The predicted octanol–water partition coefficient (Wildman–Crippen LogP) is 5.75. The highest BCUT2D eigenvalue weighted by molar-refractivity contribution is 8.15. The number of nitrogens with one attached hydrogen (secondary N) is 2. The summed E-state index contributed by atoms with van der Waals surface area (Å²) in [6, 6.07) is 13.6. The maximum absolute atomic E-state index is 13.1. The molecule has 3 rings (SSSR count). The molecule has 0 saturated heterocycles. The van der Waals surface area contributed by atoms with Crippen molar-refractivity contribution in [3.05, 3.63) is 65.4 Å². The summed E-state index contributed by atoms with van der Waals surface area (Å²) in [5.74, 6) is -0.380. The molecule has 0 aromatic heterocycles. The normalized spacial score (nSPS) is 13.6. The van der Waals surface area contributed by atoms with Gasteiger partial charge in [0.05, 0.1) is 34.7 Å². The van der Waals surface area contributed by atoms with Crippen LogP contribution in [-0.2, 0) is 14.3 Å². The number of aliphatic imine (C=N–C) groups is 1. The first-order valence-electron chi connectivity index (χ1n) is 10.7. The van der Waals surface area contributed by atoms with Crippen LogP contribution in [-0.4, -0.2) is 28.8 Å². The van der Waals surface area contributed by atoms with Crippen LogP contribution < -0.4 is 10.6 Å². The lowest BCUT2D eigenvalue weighted by Crippen LogP contribution is -2.26. The minimum atomic E-state index is -0.334. The van der Waals surface area contributed by atoms with E-state index in [9.17, 15) is 9.59 Å². The van der Waals surface area contributed by atoms with Crippen molar-refractivity contribution < 1.29 is 14.3 Å². The third kappa shape index (κ3) is 6.23. The second kappa shape index (κ2) is 11.0. The molecule has 0 aliphatic carbocycles. The van der Waals surface area contributed by atoms with Gasteiger partial charge in [0.25, 0.3) is 0 Å². The molecule has 1 aliphatic heterocycles. The minimum Gasteiger partial charge on any atom is -0.466 e. The molecule has 0 unspecified atom stereocenters. The third-order valence-corrected chi connectivity index (χ3v) is 6.23. The van der Waals surface area contributed by atoms with Crippen molar-refractivity contribution in [1.29, 1.82) is 0 Å². The second-order valence-electron chi connectivity index (χ2n) is 7.57. The number of amides is 1. The van der Waals surface area contributed by atoms with Crippen molar-refractivity contribution in [2.75, 3.05) is 17.2 Å². The van der Waals surface area contributed by atoms with Gasteiger partial charge in [-0.1, -0.05) is 43.0 Å². The zero-order valence-electron chi connectivity index (χ0n) is 18.9. The Morgan fingerprint density at radius 2 is 1.94 bits per heavy atom. The number of aryl methyl sites for hydroxylation is 2. The molecule has 6 nitrogen and oxygen atoms in total. The van der Waals surface area contributed by atoms with Crippen LogP contribution >= 0.6 is 11.8 Å². The SMILES string of the molecule is CCOC(=O)CC1=CC(S[C@H](CC)C(=O)Nc2cc(C)ccc2C)=Nc2ccccc2N1. The Hall–Kier alpha value is -3.06. The highest BCUT2D eigenvalue weighted by Crippen LogP contribution is 2.32. The molecule has 1 amide bonds. The van der Waals surface area contributed by atoms with Crippen molar-refractivity contribution in [2.45, 2.75) is 45.8 Å². The fourth-order valence-electron chi connectivity index (χ4n) is 3.26. The van der Waals surface area contributed by atoms with E-state index in [0.29, 0.717) is 23.8 Å². The number of carbonyl (C=O) groups excluding carboxylic acids is 2. The Labute approximate surface area is 193 Å². The van der Waals surface area contributed by atoms with E-state index in [4.69, 9.17) is 9.73 Å². The van der Waals surface area contributed by atoms with E-state index >= 15 is 0 Å². The van der Waals surface area contributed by atoms with Gasteiger partial charge in [-0.3, -0.25) is 9.59 Å². The number of anilines is 2. The van der Waals surface area contributed by atoms with E-state index < -0.39 is 0 Å². The number of carbonyl (C=O) groups is 2. The van der Waals surface area contributed by atoms with Gasteiger partial charge in [0.2, 0.25) is 5.91 Å². The monoisotopic (exact) mass is 451 g/mol. The summed E-state index contributed by atoms with van der Waals surface area (Å²) in [5.41, 5.74) is 5.19. The van der Waals surface area contributed by atoms with Crippen LogP contribution in [0.2, 0.25) is 0 Å². The molecule has 0 spiro atoms. The van der Waals surface area contributed by atoms with Crippen molar-refractivity contribution in [3.8, 4) is 0 Å². The van der Waals surface area contributed by atoms with Crippen molar-refractivity contribution >= 4 is 45.7 Å². The molecule has 1 heterocycles. The molecule has 168 valence electrons. The molecular weight excluding hydrogens is 422 g/mol. The zero-order chi connectivity index (χ0) is 23.1. The van der Waals surface area contributed by atoms with E-state index in [1.165, 1.54) is 11.8 Å². The van der Waals surface area contributed by atoms with Gasteiger partial charge < -0.3 is 15.4 Å². The number of para-hydroxylation sites is 2. The van der Waals surface area contributed by atoms with Crippen LogP contribution in [0.5, 0.6) is 0 Å². The molecule has 0 fully saturated rings. The molecule has 1 atom stereocenters. The van der Waals surface area contributed by atoms with Crippen LogP contribution in [0.25, 0.3) is 0 Å². The Balaban J connectivity index is 1.83.